The molecule has 19 heavy (non-hydrogen) atoms. The molecular weight excluding hydrogens is 246 g/mol. The van der Waals surface area contributed by atoms with E-state index in [2.05, 4.69) is 10.1 Å². The van der Waals surface area contributed by atoms with Crippen molar-refractivity contribution in [2.45, 2.75) is 33.3 Å². The van der Waals surface area contributed by atoms with Crippen LogP contribution in [-0.4, -0.2) is 32.8 Å². The average Bonchev–Trinajstić information content (AvgIpc) is 2.71. The van der Waals surface area contributed by atoms with E-state index in [0.717, 1.165) is 28.3 Å². The second kappa shape index (κ2) is 5.36. The number of aryl methyl sites for hydroxylation is 2. The molecular formula is C13H17N3O3. The number of rotatable bonds is 5. The quantitative estimate of drug-likeness (QED) is 0.884. The number of ether oxygens (including phenoxy) is 1. The Morgan fingerprint density at radius 3 is 2.84 bits per heavy atom. The standard InChI is InChI=1S/C13H17N3O3/c1-8-11(4-5-13(17)18)9(2)16-12(14-8)6-10(15-16)7-19-3/h6H,4-5,7H2,1-3H3,(H,17,18). The summed E-state index contributed by atoms with van der Waals surface area (Å²) in [7, 11) is 1.62. The number of nitrogens with zero attached hydrogens (tertiary/aromatic N) is 3. The number of hydrogen-bond acceptors (Lipinski definition) is 4. The molecule has 0 radical (unpaired) electrons. The first kappa shape index (κ1) is 13.5. The molecule has 2 aromatic heterocycles. The number of carboxylic acid groups (broad SMARTS) is 1. The van der Waals surface area contributed by atoms with E-state index in [0.29, 0.717) is 13.0 Å². The number of fused-ring (bicyclic) bond motifs is 1. The monoisotopic (exact) mass is 263 g/mol. The van der Waals surface area contributed by atoms with E-state index in [9.17, 15) is 4.79 Å². The molecule has 6 heteroatoms. The van der Waals surface area contributed by atoms with Crippen LogP contribution in [0.4, 0.5) is 0 Å². The van der Waals surface area contributed by atoms with E-state index in [1.807, 2.05) is 19.9 Å². The van der Waals surface area contributed by atoms with Crippen LogP contribution in [0.25, 0.3) is 5.65 Å². The molecule has 0 fully saturated rings. The number of carbonyl (C=O) groups is 1. The van der Waals surface area contributed by atoms with Gasteiger partial charge >= 0.3 is 5.97 Å². The predicted octanol–water partition coefficient (Wildman–Crippen LogP) is 1.51. The van der Waals surface area contributed by atoms with Crippen LogP contribution in [0.1, 0.15) is 29.1 Å². The summed E-state index contributed by atoms with van der Waals surface area (Å²) < 4.78 is 6.80. The van der Waals surface area contributed by atoms with Gasteiger partial charge in [-0.25, -0.2) is 9.50 Å². The summed E-state index contributed by atoms with van der Waals surface area (Å²) in [4.78, 5) is 15.2. The van der Waals surface area contributed by atoms with E-state index in [1.54, 1.807) is 11.6 Å². The molecule has 0 saturated heterocycles. The van der Waals surface area contributed by atoms with Crippen LogP contribution in [0.3, 0.4) is 0 Å². The molecule has 0 aliphatic rings. The van der Waals surface area contributed by atoms with Gasteiger partial charge in [0.1, 0.15) is 0 Å². The number of carboxylic acids is 1. The van der Waals surface area contributed by atoms with Gasteiger partial charge in [-0.1, -0.05) is 0 Å². The van der Waals surface area contributed by atoms with Crippen molar-refractivity contribution in [1.82, 2.24) is 14.6 Å². The van der Waals surface area contributed by atoms with Crippen molar-refractivity contribution < 1.29 is 14.6 Å². The van der Waals surface area contributed by atoms with Crippen molar-refractivity contribution in [3.8, 4) is 0 Å². The largest absolute Gasteiger partial charge is 0.481 e. The van der Waals surface area contributed by atoms with Gasteiger partial charge in [0, 0.05) is 31.0 Å². The lowest BCUT2D eigenvalue weighted by Gasteiger charge is -2.09. The summed E-state index contributed by atoms with van der Waals surface area (Å²) in [6.07, 6.45) is 0.566. The van der Waals surface area contributed by atoms with Gasteiger partial charge in [0.05, 0.1) is 12.3 Å². The van der Waals surface area contributed by atoms with Crippen molar-refractivity contribution in [1.29, 1.82) is 0 Å². The van der Waals surface area contributed by atoms with Crippen LogP contribution in [-0.2, 0) is 22.6 Å². The smallest absolute Gasteiger partial charge is 0.303 e. The molecule has 0 aliphatic heterocycles. The first-order valence-corrected chi connectivity index (χ1v) is 6.08. The lowest BCUT2D eigenvalue weighted by Crippen LogP contribution is -2.07. The first-order valence-electron chi connectivity index (χ1n) is 6.08. The van der Waals surface area contributed by atoms with Crippen LogP contribution < -0.4 is 0 Å². The van der Waals surface area contributed by atoms with Crippen LogP contribution in [0.15, 0.2) is 6.07 Å². The highest BCUT2D eigenvalue weighted by molar-refractivity contribution is 5.67. The maximum Gasteiger partial charge on any atom is 0.303 e. The van der Waals surface area contributed by atoms with Gasteiger partial charge in [0.25, 0.3) is 0 Å². The van der Waals surface area contributed by atoms with Crippen molar-refractivity contribution in [2.75, 3.05) is 7.11 Å². The van der Waals surface area contributed by atoms with Gasteiger partial charge in [0.15, 0.2) is 5.65 Å². The van der Waals surface area contributed by atoms with Crippen LogP contribution in [0, 0.1) is 13.8 Å². The van der Waals surface area contributed by atoms with Crippen LogP contribution in [0.5, 0.6) is 0 Å². The van der Waals surface area contributed by atoms with E-state index in [1.165, 1.54) is 0 Å². The van der Waals surface area contributed by atoms with E-state index in [-0.39, 0.29) is 6.42 Å². The number of aromatic nitrogens is 3. The Hall–Kier alpha value is -1.95. The molecule has 0 saturated carbocycles. The number of aliphatic carboxylic acids is 1. The number of methoxy groups -OCH3 is 1. The maximum absolute atomic E-state index is 10.7. The lowest BCUT2D eigenvalue weighted by molar-refractivity contribution is -0.136. The summed E-state index contributed by atoms with van der Waals surface area (Å²) in [5, 5.41) is 13.2. The summed E-state index contributed by atoms with van der Waals surface area (Å²) in [6, 6.07) is 1.88. The minimum Gasteiger partial charge on any atom is -0.481 e. The Labute approximate surface area is 111 Å². The van der Waals surface area contributed by atoms with Gasteiger partial charge < -0.3 is 9.84 Å². The highest BCUT2D eigenvalue weighted by Gasteiger charge is 2.13. The Kier molecular flexibility index (Phi) is 3.80. The molecule has 0 aliphatic carbocycles. The average molecular weight is 263 g/mol. The predicted molar refractivity (Wildman–Crippen MR) is 69.1 cm³/mol. The van der Waals surface area contributed by atoms with Crippen LogP contribution >= 0.6 is 0 Å². The molecule has 0 spiro atoms. The molecule has 2 heterocycles. The summed E-state index contributed by atoms with van der Waals surface area (Å²) in [6.45, 7) is 4.27. The van der Waals surface area contributed by atoms with Gasteiger partial charge in [0.2, 0.25) is 0 Å². The van der Waals surface area contributed by atoms with Crippen molar-refractivity contribution in [3.63, 3.8) is 0 Å². The fourth-order valence-electron chi connectivity index (χ4n) is 2.19. The zero-order valence-corrected chi connectivity index (χ0v) is 11.3. The van der Waals surface area contributed by atoms with E-state index >= 15 is 0 Å². The van der Waals surface area contributed by atoms with Crippen molar-refractivity contribution in [2.24, 2.45) is 0 Å². The first-order chi connectivity index (χ1) is 9.02. The zero-order valence-electron chi connectivity index (χ0n) is 11.3. The summed E-state index contributed by atoms with van der Waals surface area (Å²) in [5.41, 5.74) is 4.32. The highest BCUT2D eigenvalue weighted by atomic mass is 16.5. The minimum absolute atomic E-state index is 0.0983. The molecule has 2 rings (SSSR count). The summed E-state index contributed by atoms with van der Waals surface area (Å²) >= 11 is 0. The van der Waals surface area contributed by atoms with Crippen molar-refractivity contribution in [3.05, 3.63) is 28.7 Å². The number of hydrogen-bond donors (Lipinski definition) is 1. The maximum atomic E-state index is 10.7. The zero-order chi connectivity index (χ0) is 14.0. The van der Waals surface area contributed by atoms with Gasteiger partial charge in [-0.3, -0.25) is 4.79 Å². The Bertz CT molecular complexity index is 619. The SMILES string of the molecule is COCc1cc2nc(C)c(CCC(=O)O)c(C)n2n1. The molecule has 0 amide bonds. The molecule has 2 aromatic rings. The third-order valence-electron chi connectivity index (χ3n) is 3.10. The summed E-state index contributed by atoms with van der Waals surface area (Å²) in [5.74, 6) is -0.806. The van der Waals surface area contributed by atoms with Crippen LogP contribution in [0.2, 0.25) is 0 Å². The second-order valence-electron chi connectivity index (χ2n) is 4.49. The molecule has 0 atom stereocenters. The molecule has 0 bridgehead atoms. The third-order valence-corrected chi connectivity index (χ3v) is 3.10. The molecule has 0 aromatic carbocycles. The Morgan fingerprint density at radius 2 is 2.21 bits per heavy atom. The van der Waals surface area contributed by atoms with Gasteiger partial charge in [-0.2, -0.15) is 5.10 Å². The van der Waals surface area contributed by atoms with Crippen molar-refractivity contribution >= 4 is 11.6 Å². The van der Waals surface area contributed by atoms with E-state index < -0.39 is 5.97 Å². The Morgan fingerprint density at radius 1 is 1.47 bits per heavy atom. The molecule has 0 unspecified atom stereocenters. The Balaban J connectivity index is 2.44. The third kappa shape index (κ3) is 2.73. The molecule has 6 nitrogen and oxygen atoms in total. The van der Waals surface area contributed by atoms with Gasteiger partial charge in [-0.05, 0) is 25.8 Å². The molecule has 102 valence electrons. The molecule has 1 N–H and O–H groups in total. The van der Waals surface area contributed by atoms with Gasteiger partial charge in [-0.15, -0.1) is 0 Å². The lowest BCUT2D eigenvalue weighted by atomic mass is 10.1. The fraction of sp³-hybridized carbons (Fsp3) is 0.462. The fourth-order valence-corrected chi connectivity index (χ4v) is 2.19. The minimum atomic E-state index is -0.806. The van der Waals surface area contributed by atoms with E-state index in [4.69, 9.17) is 9.84 Å². The normalized spacial score (nSPS) is 11.1. The second-order valence-corrected chi connectivity index (χ2v) is 4.49. The highest BCUT2D eigenvalue weighted by Crippen LogP contribution is 2.17. The topological polar surface area (TPSA) is 76.7 Å².